The number of halogens is 1. The van der Waals surface area contributed by atoms with Crippen molar-refractivity contribution in [3.8, 4) is 5.75 Å². The number of hydrogen-bond acceptors (Lipinski definition) is 3. The Morgan fingerprint density at radius 3 is 2.42 bits per heavy atom. The van der Waals surface area contributed by atoms with Crippen molar-refractivity contribution in [2.24, 2.45) is 4.99 Å². The van der Waals surface area contributed by atoms with E-state index < -0.39 is 0 Å². The number of fused-ring (bicyclic) bond motifs is 1. The second-order valence-electron chi connectivity index (χ2n) is 8.05. The highest BCUT2D eigenvalue weighted by molar-refractivity contribution is 14.0. The molecule has 0 aromatic heterocycles. The molecule has 1 heterocycles. The predicted molar refractivity (Wildman–Crippen MR) is 136 cm³/mol. The monoisotopic (exact) mass is 536 g/mol. The van der Waals surface area contributed by atoms with Crippen molar-refractivity contribution in [3.05, 3.63) is 65.2 Å². The van der Waals surface area contributed by atoms with Gasteiger partial charge in [-0.3, -0.25) is 4.79 Å². The van der Waals surface area contributed by atoms with Crippen molar-refractivity contribution in [1.29, 1.82) is 0 Å². The van der Waals surface area contributed by atoms with Crippen LogP contribution in [0.2, 0.25) is 0 Å². The lowest BCUT2D eigenvalue weighted by molar-refractivity contribution is 0.0694. The summed E-state index contributed by atoms with van der Waals surface area (Å²) in [5, 5.41) is 9.73. The smallest absolute Gasteiger partial charge is 0.251 e. The number of carbonyl (C=O) groups is 1. The molecule has 3 N–H and O–H groups in total. The molecule has 0 fully saturated rings. The van der Waals surface area contributed by atoms with Gasteiger partial charge in [0.2, 0.25) is 0 Å². The highest BCUT2D eigenvalue weighted by Gasteiger charge is 2.33. The Morgan fingerprint density at radius 1 is 1.06 bits per heavy atom. The van der Waals surface area contributed by atoms with Crippen LogP contribution < -0.4 is 20.7 Å². The normalized spacial score (nSPS) is 16.9. The average Bonchev–Trinajstić information content (AvgIpc) is 2.72. The number of carbonyl (C=O) groups excluding carboxylic acids is 1. The zero-order valence-corrected chi connectivity index (χ0v) is 21.0. The number of aliphatic imine (C=N–C) groups is 1. The SMILES string of the molecule is CCNC(=O)c1ccc(CN=C(NCC)NC2CC(C)(C)Oc3ccccc32)cc1.I. The number of hydrogen-bond donors (Lipinski definition) is 3. The summed E-state index contributed by atoms with van der Waals surface area (Å²) in [6.07, 6.45) is 0.843. The maximum Gasteiger partial charge on any atom is 0.251 e. The van der Waals surface area contributed by atoms with Gasteiger partial charge in [-0.2, -0.15) is 0 Å². The van der Waals surface area contributed by atoms with Crippen LogP contribution >= 0.6 is 24.0 Å². The summed E-state index contributed by atoms with van der Waals surface area (Å²) < 4.78 is 6.14. The van der Waals surface area contributed by atoms with E-state index in [1.54, 1.807) is 0 Å². The first-order valence-electron chi connectivity index (χ1n) is 10.6. The van der Waals surface area contributed by atoms with Crippen LogP contribution in [-0.2, 0) is 6.54 Å². The first-order valence-corrected chi connectivity index (χ1v) is 10.6. The highest BCUT2D eigenvalue weighted by Crippen LogP contribution is 2.39. The summed E-state index contributed by atoms with van der Waals surface area (Å²) in [6, 6.07) is 15.9. The maximum absolute atomic E-state index is 11.9. The summed E-state index contributed by atoms with van der Waals surface area (Å²) in [6.45, 7) is 10.1. The van der Waals surface area contributed by atoms with Crippen molar-refractivity contribution < 1.29 is 9.53 Å². The van der Waals surface area contributed by atoms with Gasteiger partial charge in [0.25, 0.3) is 5.91 Å². The molecule has 1 amide bonds. The third-order valence-electron chi connectivity index (χ3n) is 5.00. The van der Waals surface area contributed by atoms with Gasteiger partial charge in [0.15, 0.2) is 5.96 Å². The Morgan fingerprint density at radius 2 is 1.74 bits per heavy atom. The van der Waals surface area contributed by atoms with Crippen molar-refractivity contribution in [1.82, 2.24) is 16.0 Å². The van der Waals surface area contributed by atoms with Crippen LogP contribution in [0.25, 0.3) is 0 Å². The first-order chi connectivity index (χ1) is 14.4. The van der Waals surface area contributed by atoms with Gasteiger partial charge in [-0.25, -0.2) is 4.99 Å². The molecule has 1 aliphatic rings. The van der Waals surface area contributed by atoms with Crippen LogP contribution in [0.3, 0.4) is 0 Å². The summed E-state index contributed by atoms with van der Waals surface area (Å²) in [5.41, 5.74) is 2.61. The Kier molecular flexibility index (Phi) is 9.15. The van der Waals surface area contributed by atoms with Crippen molar-refractivity contribution in [3.63, 3.8) is 0 Å². The van der Waals surface area contributed by atoms with E-state index in [2.05, 4.69) is 42.8 Å². The molecule has 0 radical (unpaired) electrons. The van der Waals surface area contributed by atoms with Crippen LogP contribution in [0.4, 0.5) is 0 Å². The van der Waals surface area contributed by atoms with Gasteiger partial charge >= 0.3 is 0 Å². The third-order valence-corrected chi connectivity index (χ3v) is 5.00. The fraction of sp³-hybridized carbons (Fsp3) is 0.417. The van der Waals surface area contributed by atoms with Gasteiger partial charge in [0.05, 0.1) is 12.6 Å². The molecule has 0 spiro atoms. The molecule has 7 heteroatoms. The van der Waals surface area contributed by atoms with E-state index in [0.717, 1.165) is 35.8 Å². The first kappa shape index (κ1) is 25.0. The van der Waals surface area contributed by atoms with Gasteiger partial charge in [-0.15, -0.1) is 24.0 Å². The fourth-order valence-electron chi connectivity index (χ4n) is 3.61. The molecule has 1 unspecified atom stereocenters. The molecular weight excluding hydrogens is 503 g/mol. The largest absolute Gasteiger partial charge is 0.487 e. The molecule has 3 rings (SSSR count). The summed E-state index contributed by atoms with van der Waals surface area (Å²) in [7, 11) is 0. The molecule has 6 nitrogen and oxygen atoms in total. The zero-order chi connectivity index (χ0) is 21.6. The van der Waals surface area contributed by atoms with Gasteiger partial charge in [0, 0.05) is 30.6 Å². The summed E-state index contributed by atoms with van der Waals surface area (Å²) in [5.74, 6) is 1.63. The van der Waals surface area contributed by atoms with Gasteiger partial charge < -0.3 is 20.7 Å². The lowest BCUT2D eigenvalue weighted by atomic mass is 9.90. The van der Waals surface area contributed by atoms with Gasteiger partial charge in [0.1, 0.15) is 11.4 Å². The predicted octanol–water partition coefficient (Wildman–Crippen LogP) is 4.41. The minimum Gasteiger partial charge on any atom is -0.487 e. The number of guanidine groups is 1. The van der Waals surface area contributed by atoms with E-state index in [1.165, 1.54) is 0 Å². The summed E-state index contributed by atoms with van der Waals surface area (Å²) >= 11 is 0. The number of amides is 1. The molecule has 0 aliphatic carbocycles. The number of para-hydroxylation sites is 1. The average molecular weight is 536 g/mol. The molecule has 31 heavy (non-hydrogen) atoms. The molecule has 2 aromatic rings. The van der Waals surface area contributed by atoms with Gasteiger partial charge in [-0.05, 0) is 51.5 Å². The Balaban J connectivity index is 0.00000341. The molecule has 1 aliphatic heterocycles. The third kappa shape index (κ3) is 6.85. The van der Waals surface area contributed by atoms with Gasteiger partial charge in [-0.1, -0.05) is 30.3 Å². The number of nitrogens with one attached hydrogen (secondary N) is 3. The van der Waals surface area contributed by atoms with Crippen molar-refractivity contribution >= 4 is 35.8 Å². The Bertz CT molecular complexity index is 897. The number of rotatable bonds is 6. The minimum absolute atomic E-state index is 0. The quantitative estimate of drug-likeness (QED) is 0.291. The van der Waals surface area contributed by atoms with E-state index >= 15 is 0 Å². The highest BCUT2D eigenvalue weighted by atomic mass is 127. The Hall–Kier alpha value is -2.29. The van der Waals surface area contributed by atoms with Crippen LogP contribution in [0, 0.1) is 0 Å². The molecule has 0 bridgehead atoms. The van der Waals surface area contributed by atoms with Crippen LogP contribution in [-0.4, -0.2) is 30.6 Å². The fourth-order valence-corrected chi connectivity index (χ4v) is 3.61. The van der Waals surface area contributed by atoms with E-state index in [4.69, 9.17) is 9.73 Å². The van der Waals surface area contributed by atoms with E-state index in [-0.39, 0.29) is 41.5 Å². The Labute approximate surface area is 202 Å². The standard InChI is InChI=1S/C24H32N4O2.HI/c1-5-25-22(29)18-13-11-17(12-14-18)16-27-23(26-6-2)28-20-15-24(3,4)30-21-10-8-7-9-19(20)21;/h7-14,20H,5-6,15-16H2,1-4H3,(H,25,29)(H2,26,27,28);1H. The lowest BCUT2D eigenvalue weighted by Crippen LogP contribution is -2.45. The second-order valence-corrected chi connectivity index (χ2v) is 8.05. The molecule has 0 saturated heterocycles. The number of benzene rings is 2. The second kappa shape index (κ2) is 11.4. The van der Waals surface area contributed by atoms with E-state index in [0.29, 0.717) is 18.7 Å². The van der Waals surface area contributed by atoms with E-state index in [1.807, 2.05) is 49.4 Å². The lowest BCUT2D eigenvalue weighted by Gasteiger charge is -2.38. The zero-order valence-electron chi connectivity index (χ0n) is 18.7. The van der Waals surface area contributed by atoms with E-state index in [9.17, 15) is 4.79 Å². The van der Waals surface area contributed by atoms with Crippen molar-refractivity contribution in [2.45, 2.75) is 52.3 Å². The number of nitrogens with zero attached hydrogens (tertiary/aromatic N) is 1. The topological polar surface area (TPSA) is 74.8 Å². The minimum atomic E-state index is -0.252. The molecule has 2 aromatic carbocycles. The van der Waals surface area contributed by atoms with Crippen LogP contribution in [0.15, 0.2) is 53.5 Å². The summed E-state index contributed by atoms with van der Waals surface area (Å²) in [4.78, 5) is 16.7. The maximum atomic E-state index is 11.9. The molecule has 168 valence electrons. The van der Waals surface area contributed by atoms with Crippen LogP contribution in [0.1, 0.15) is 61.6 Å². The number of ether oxygens (including phenoxy) is 1. The molecular formula is C24H33IN4O2. The molecule has 1 atom stereocenters. The van der Waals surface area contributed by atoms with Crippen molar-refractivity contribution in [2.75, 3.05) is 13.1 Å². The van der Waals surface area contributed by atoms with Crippen LogP contribution in [0.5, 0.6) is 5.75 Å². The molecule has 0 saturated carbocycles.